The topological polar surface area (TPSA) is 55.4 Å². The van der Waals surface area contributed by atoms with Gasteiger partial charge in [-0.15, -0.1) is 0 Å². The summed E-state index contributed by atoms with van der Waals surface area (Å²) in [5.41, 5.74) is -0.841. The minimum Gasteiger partial charge on any atom is -0.461 e. The van der Waals surface area contributed by atoms with Crippen molar-refractivity contribution in [1.82, 2.24) is 5.32 Å². The molecule has 1 aliphatic rings. The van der Waals surface area contributed by atoms with Crippen molar-refractivity contribution in [2.45, 2.75) is 32.4 Å². The highest BCUT2D eigenvalue weighted by Crippen LogP contribution is 2.24. The molecule has 1 fully saturated rings. The summed E-state index contributed by atoms with van der Waals surface area (Å²) in [7, 11) is 0. The fourth-order valence-electron chi connectivity index (χ4n) is 0.961. The highest BCUT2D eigenvalue weighted by molar-refractivity contribution is 8.14. The smallest absolute Gasteiger partial charge is 0.332 e. The molecule has 74 valence electrons. The molecule has 1 atom stereocenters. The Balaban J connectivity index is 2.60. The van der Waals surface area contributed by atoms with Crippen LogP contribution in [0.25, 0.3) is 0 Å². The van der Waals surface area contributed by atoms with Gasteiger partial charge in [0.1, 0.15) is 5.54 Å². The van der Waals surface area contributed by atoms with Gasteiger partial charge >= 0.3 is 5.97 Å². The van der Waals surface area contributed by atoms with Gasteiger partial charge in [0.15, 0.2) is 0 Å². The molecule has 0 aliphatic carbocycles. The van der Waals surface area contributed by atoms with Crippen molar-refractivity contribution in [3.63, 3.8) is 0 Å². The van der Waals surface area contributed by atoms with Crippen molar-refractivity contribution in [3.8, 4) is 0 Å². The summed E-state index contributed by atoms with van der Waals surface area (Å²) in [5, 5.41) is 2.42. The van der Waals surface area contributed by atoms with Gasteiger partial charge in [0.25, 0.3) is 5.24 Å². The molecule has 1 N–H and O–H groups in total. The molecular formula is C8H13NO3S. The minimum absolute atomic E-state index is 0.146. The fraction of sp³-hybridized carbons (Fsp3) is 0.750. The molecule has 1 rings (SSSR count). The number of ether oxygens (including phenoxy) is 1. The van der Waals surface area contributed by atoms with E-state index in [4.69, 9.17) is 4.74 Å². The van der Waals surface area contributed by atoms with Crippen LogP contribution in [0.1, 0.15) is 20.8 Å². The van der Waals surface area contributed by atoms with Crippen molar-refractivity contribution in [1.29, 1.82) is 0 Å². The Labute approximate surface area is 81.4 Å². The second-order valence-electron chi connectivity index (χ2n) is 3.49. The van der Waals surface area contributed by atoms with E-state index in [2.05, 4.69) is 5.32 Å². The third-order valence-corrected chi connectivity index (χ3v) is 2.75. The Morgan fingerprint density at radius 3 is 2.69 bits per heavy atom. The maximum Gasteiger partial charge on any atom is 0.332 e. The van der Waals surface area contributed by atoms with E-state index in [0.717, 1.165) is 11.8 Å². The molecule has 1 aliphatic heterocycles. The lowest BCUT2D eigenvalue weighted by atomic mass is 10.1. The van der Waals surface area contributed by atoms with Gasteiger partial charge in [-0.1, -0.05) is 11.8 Å². The van der Waals surface area contributed by atoms with Crippen molar-refractivity contribution < 1.29 is 14.3 Å². The van der Waals surface area contributed by atoms with E-state index < -0.39 is 5.54 Å². The van der Waals surface area contributed by atoms with Gasteiger partial charge in [0, 0.05) is 5.75 Å². The Kier molecular flexibility index (Phi) is 2.85. The fourth-order valence-corrected chi connectivity index (χ4v) is 1.87. The van der Waals surface area contributed by atoms with E-state index in [1.54, 1.807) is 20.8 Å². The third kappa shape index (κ3) is 2.37. The second kappa shape index (κ2) is 3.57. The van der Waals surface area contributed by atoms with E-state index in [-0.39, 0.29) is 17.3 Å². The molecule has 5 heteroatoms. The monoisotopic (exact) mass is 203 g/mol. The summed E-state index contributed by atoms with van der Waals surface area (Å²) >= 11 is 1.11. The average Bonchev–Trinajstić information content (AvgIpc) is 2.31. The van der Waals surface area contributed by atoms with Crippen LogP contribution in [0.2, 0.25) is 0 Å². The predicted octanol–water partition coefficient (Wildman–Crippen LogP) is 1.15. The Bertz CT molecular complexity index is 242. The first-order valence-electron chi connectivity index (χ1n) is 4.10. The maximum atomic E-state index is 11.5. The van der Waals surface area contributed by atoms with Gasteiger partial charge in [0.2, 0.25) is 0 Å². The average molecular weight is 203 g/mol. The Hall–Kier alpha value is -0.710. The van der Waals surface area contributed by atoms with E-state index in [1.165, 1.54) is 0 Å². The number of thioether (sulfide) groups is 1. The molecular weight excluding hydrogens is 190 g/mol. The number of rotatable bonds is 2. The summed E-state index contributed by atoms with van der Waals surface area (Å²) in [6.45, 7) is 5.24. The van der Waals surface area contributed by atoms with Crippen LogP contribution in [-0.4, -0.2) is 28.6 Å². The molecule has 1 saturated heterocycles. The van der Waals surface area contributed by atoms with Gasteiger partial charge < -0.3 is 10.1 Å². The zero-order valence-corrected chi connectivity index (χ0v) is 8.73. The normalized spacial score (nSPS) is 27.5. The number of nitrogens with one attached hydrogen (secondary N) is 1. The SMILES string of the molecule is CC(C)OC(=O)C1(C)CSC(=O)N1. The van der Waals surface area contributed by atoms with Crippen molar-refractivity contribution in [3.05, 3.63) is 0 Å². The molecule has 1 amide bonds. The molecule has 0 aromatic rings. The van der Waals surface area contributed by atoms with Gasteiger partial charge in [-0.3, -0.25) is 4.79 Å². The zero-order chi connectivity index (χ0) is 10.1. The molecule has 0 spiro atoms. The maximum absolute atomic E-state index is 11.5. The van der Waals surface area contributed by atoms with Crippen LogP contribution >= 0.6 is 11.8 Å². The first-order valence-corrected chi connectivity index (χ1v) is 5.08. The first-order chi connectivity index (χ1) is 5.94. The first kappa shape index (κ1) is 10.4. The minimum atomic E-state index is -0.841. The van der Waals surface area contributed by atoms with Crippen LogP contribution in [0.15, 0.2) is 0 Å². The van der Waals surface area contributed by atoms with Crippen LogP contribution in [0.4, 0.5) is 4.79 Å². The predicted molar refractivity (Wildman–Crippen MR) is 50.6 cm³/mol. The summed E-state index contributed by atoms with van der Waals surface area (Å²) in [6, 6.07) is 0. The van der Waals surface area contributed by atoms with Gasteiger partial charge in [-0.25, -0.2) is 4.79 Å². The van der Waals surface area contributed by atoms with Gasteiger partial charge in [-0.05, 0) is 20.8 Å². The van der Waals surface area contributed by atoms with Crippen LogP contribution in [-0.2, 0) is 9.53 Å². The number of carbonyl (C=O) groups excluding carboxylic acids is 2. The Morgan fingerprint density at radius 1 is 1.69 bits per heavy atom. The van der Waals surface area contributed by atoms with Gasteiger partial charge in [0.05, 0.1) is 6.10 Å². The van der Waals surface area contributed by atoms with Crippen LogP contribution in [0.5, 0.6) is 0 Å². The van der Waals surface area contributed by atoms with Crippen LogP contribution in [0.3, 0.4) is 0 Å². The molecule has 1 heterocycles. The summed E-state index contributed by atoms with van der Waals surface area (Å²) in [4.78, 5) is 22.4. The standard InChI is InChI=1S/C8H13NO3S/c1-5(2)12-6(10)8(3)4-13-7(11)9-8/h5H,4H2,1-3H3,(H,9,11). The molecule has 1 unspecified atom stereocenters. The van der Waals surface area contributed by atoms with Crippen LogP contribution < -0.4 is 5.32 Å². The van der Waals surface area contributed by atoms with Crippen molar-refractivity contribution in [2.24, 2.45) is 0 Å². The van der Waals surface area contributed by atoms with Crippen molar-refractivity contribution >= 4 is 23.0 Å². The van der Waals surface area contributed by atoms with Crippen LogP contribution in [0, 0.1) is 0 Å². The van der Waals surface area contributed by atoms with E-state index in [0.29, 0.717) is 5.75 Å². The number of hydrogen-bond donors (Lipinski definition) is 1. The number of amides is 1. The lowest BCUT2D eigenvalue weighted by molar-refractivity contribution is -0.153. The third-order valence-electron chi connectivity index (χ3n) is 1.66. The lowest BCUT2D eigenvalue weighted by Crippen LogP contribution is -2.49. The largest absolute Gasteiger partial charge is 0.461 e. The number of esters is 1. The highest BCUT2D eigenvalue weighted by Gasteiger charge is 2.42. The lowest BCUT2D eigenvalue weighted by Gasteiger charge is -2.22. The molecule has 0 bridgehead atoms. The zero-order valence-electron chi connectivity index (χ0n) is 7.92. The van der Waals surface area contributed by atoms with E-state index in [1.807, 2.05) is 0 Å². The van der Waals surface area contributed by atoms with E-state index in [9.17, 15) is 9.59 Å². The van der Waals surface area contributed by atoms with Crippen molar-refractivity contribution in [2.75, 3.05) is 5.75 Å². The molecule has 0 aromatic heterocycles. The molecule has 0 saturated carbocycles. The molecule has 4 nitrogen and oxygen atoms in total. The summed E-state index contributed by atoms with van der Waals surface area (Å²) < 4.78 is 5.02. The molecule has 0 aromatic carbocycles. The number of hydrogen-bond acceptors (Lipinski definition) is 4. The molecule has 13 heavy (non-hydrogen) atoms. The second-order valence-corrected chi connectivity index (χ2v) is 4.44. The number of carbonyl (C=O) groups is 2. The molecule has 0 radical (unpaired) electrons. The van der Waals surface area contributed by atoms with Gasteiger partial charge in [-0.2, -0.15) is 0 Å². The summed E-state index contributed by atoms with van der Waals surface area (Å²) in [6.07, 6.45) is -0.146. The summed E-state index contributed by atoms with van der Waals surface area (Å²) in [5.74, 6) is 0.0815. The Morgan fingerprint density at radius 2 is 2.31 bits per heavy atom. The highest BCUT2D eigenvalue weighted by atomic mass is 32.2. The van der Waals surface area contributed by atoms with E-state index >= 15 is 0 Å². The quantitative estimate of drug-likeness (QED) is 0.684.